The molecular weight excluding hydrogens is 272 g/mol. The fourth-order valence-corrected chi connectivity index (χ4v) is 3.77. The van der Waals surface area contributed by atoms with E-state index >= 15 is 0 Å². The number of amides is 2. The number of fused-ring (bicyclic) bond motifs is 1. The minimum Gasteiger partial charge on any atom is -0.318 e. The lowest BCUT2D eigenvalue weighted by Gasteiger charge is -2.18. The van der Waals surface area contributed by atoms with Gasteiger partial charge in [0.1, 0.15) is 12.3 Å². The average Bonchev–Trinajstić information content (AvgIpc) is 2.55. The van der Waals surface area contributed by atoms with Gasteiger partial charge in [0.15, 0.2) is 0 Å². The molecule has 2 N–H and O–H groups in total. The maximum absolute atomic E-state index is 11.5. The van der Waals surface area contributed by atoms with Crippen molar-refractivity contribution < 1.29 is 21.6 Å². The zero-order valence-electron chi connectivity index (χ0n) is 9.11. The summed E-state index contributed by atoms with van der Waals surface area (Å²) < 4.78 is 47.8. The van der Waals surface area contributed by atoms with Crippen LogP contribution in [0.25, 0.3) is 0 Å². The van der Waals surface area contributed by atoms with Gasteiger partial charge in [-0.1, -0.05) is 0 Å². The molecule has 98 valence electrons. The molecule has 0 unspecified atom stereocenters. The quantitative estimate of drug-likeness (QED) is 0.579. The molecule has 17 heavy (non-hydrogen) atoms. The summed E-state index contributed by atoms with van der Waals surface area (Å²) in [6.07, 6.45) is 0.125. The van der Waals surface area contributed by atoms with Crippen molar-refractivity contribution in [3.63, 3.8) is 0 Å². The van der Waals surface area contributed by atoms with Crippen LogP contribution >= 0.6 is 0 Å². The minimum absolute atomic E-state index is 0.305. The number of sulfonamides is 2. The Morgan fingerprint density at radius 2 is 1.35 bits per heavy atom. The van der Waals surface area contributed by atoms with Gasteiger partial charge in [0.25, 0.3) is 0 Å². The maximum Gasteiger partial charge on any atom is 0.317 e. The van der Waals surface area contributed by atoms with Crippen LogP contribution in [0.3, 0.4) is 0 Å². The Morgan fingerprint density at radius 3 is 1.65 bits per heavy atom. The Bertz CT molecular complexity index is 507. The first kappa shape index (κ1) is 12.5. The van der Waals surface area contributed by atoms with Gasteiger partial charge in [0, 0.05) is 0 Å². The molecule has 9 nitrogen and oxygen atoms in total. The lowest BCUT2D eigenvalue weighted by Crippen LogP contribution is -2.45. The van der Waals surface area contributed by atoms with Gasteiger partial charge in [-0.15, -0.1) is 0 Å². The Morgan fingerprint density at radius 1 is 1.00 bits per heavy atom. The van der Waals surface area contributed by atoms with E-state index in [9.17, 15) is 21.6 Å². The Labute approximate surface area is 98.9 Å². The predicted octanol–water partition coefficient (Wildman–Crippen LogP) is -2.55. The number of hydrogen-bond acceptors (Lipinski definition) is 5. The van der Waals surface area contributed by atoms with Crippen LogP contribution in [0.2, 0.25) is 0 Å². The number of carbonyl (C=O) groups is 1. The molecule has 2 aliphatic heterocycles. The molecular formula is C6H12N4O5S2. The summed E-state index contributed by atoms with van der Waals surface area (Å²) in [7, 11) is -7.20. The summed E-state index contributed by atoms with van der Waals surface area (Å²) in [4.78, 5) is 11.1. The summed E-state index contributed by atoms with van der Waals surface area (Å²) in [5.74, 6) is 0. The van der Waals surface area contributed by atoms with Crippen molar-refractivity contribution in [1.29, 1.82) is 0 Å². The Balaban J connectivity index is 2.41. The first-order valence-corrected chi connectivity index (χ1v) is 8.31. The zero-order chi connectivity index (χ0) is 13.0. The topological polar surface area (TPSA) is 116 Å². The first-order valence-electron chi connectivity index (χ1n) is 4.61. The van der Waals surface area contributed by atoms with Crippen molar-refractivity contribution in [1.82, 2.24) is 19.2 Å². The summed E-state index contributed by atoms with van der Waals surface area (Å²) in [6, 6.07) is -0.595. The summed E-state index contributed by atoms with van der Waals surface area (Å²) >= 11 is 0. The standard InChI is InChI=1S/C6H12N4O5S2/c1-16(12,13)9-3-10(17(2,14)15)5-4(9)7-6(11)8-5/h4-5H,3H2,1-2H3,(H2,7,8,11)/t4-,5-/m0/s1. The molecule has 2 aliphatic rings. The molecule has 0 aromatic rings. The Kier molecular flexibility index (Phi) is 2.61. The van der Waals surface area contributed by atoms with E-state index in [1.165, 1.54) is 0 Å². The zero-order valence-corrected chi connectivity index (χ0v) is 10.7. The highest BCUT2D eigenvalue weighted by Crippen LogP contribution is 2.25. The van der Waals surface area contributed by atoms with E-state index < -0.39 is 38.4 Å². The van der Waals surface area contributed by atoms with Crippen molar-refractivity contribution in [2.75, 3.05) is 19.2 Å². The largest absolute Gasteiger partial charge is 0.318 e. The molecule has 0 aliphatic carbocycles. The average molecular weight is 284 g/mol. The van der Waals surface area contributed by atoms with Gasteiger partial charge in [0.2, 0.25) is 20.0 Å². The lowest BCUT2D eigenvalue weighted by atomic mass is 10.4. The predicted molar refractivity (Wildman–Crippen MR) is 57.5 cm³/mol. The highest BCUT2D eigenvalue weighted by Gasteiger charge is 2.52. The monoisotopic (exact) mass is 284 g/mol. The molecule has 0 radical (unpaired) electrons. The van der Waals surface area contributed by atoms with E-state index in [0.29, 0.717) is 0 Å². The van der Waals surface area contributed by atoms with Gasteiger partial charge < -0.3 is 10.6 Å². The molecule has 11 heteroatoms. The number of hydrogen-bond donors (Lipinski definition) is 2. The molecule has 2 fully saturated rings. The van der Waals surface area contributed by atoms with Crippen LogP contribution in [0.5, 0.6) is 0 Å². The van der Waals surface area contributed by atoms with Crippen LogP contribution in [0.15, 0.2) is 0 Å². The third kappa shape index (κ3) is 2.10. The normalized spacial score (nSPS) is 31.1. The van der Waals surface area contributed by atoms with Crippen molar-refractivity contribution in [3.05, 3.63) is 0 Å². The molecule has 2 atom stereocenters. The van der Waals surface area contributed by atoms with Crippen molar-refractivity contribution in [2.24, 2.45) is 0 Å². The van der Waals surface area contributed by atoms with Crippen LogP contribution in [0.1, 0.15) is 0 Å². The molecule has 0 aromatic heterocycles. The summed E-state index contributed by atoms with van der Waals surface area (Å²) in [6.45, 7) is -0.305. The van der Waals surface area contributed by atoms with Gasteiger partial charge in [-0.2, -0.15) is 8.61 Å². The molecule has 0 saturated carbocycles. The van der Waals surface area contributed by atoms with E-state index in [-0.39, 0.29) is 6.67 Å². The van der Waals surface area contributed by atoms with E-state index in [2.05, 4.69) is 10.6 Å². The maximum atomic E-state index is 11.5. The molecule has 0 bridgehead atoms. The molecule has 0 aromatic carbocycles. The van der Waals surface area contributed by atoms with Crippen molar-refractivity contribution in [3.8, 4) is 0 Å². The number of rotatable bonds is 2. The highest BCUT2D eigenvalue weighted by atomic mass is 32.2. The number of urea groups is 1. The van der Waals surface area contributed by atoms with Crippen LogP contribution < -0.4 is 10.6 Å². The van der Waals surface area contributed by atoms with Crippen molar-refractivity contribution in [2.45, 2.75) is 12.3 Å². The molecule has 0 spiro atoms. The van der Waals surface area contributed by atoms with Gasteiger partial charge >= 0.3 is 6.03 Å². The Hall–Kier alpha value is -0.910. The number of nitrogens with zero attached hydrogens (tertiary/aromatic N) is 2. The third-order valence-corrected chi connectivity index (χ3v) is 5.00. The second kappa shape index (κ2) is 3.54. The SMILES string of the molecule is CS(=O)(=O)N1CN(S(C)(=O)=O)[C@@H]2NC(=O)N[C@H]21. The smallest absolute Gasteiger partial charge is 0.317 e. The van der Waals surface area contributed by atoms with Crippen molar-refractivity contribution >= 4 is 26.1 Å². The molecule has 2 amide bonds. The van der Waals surface area contributed by atoms with Crippen LogP contribution in [0, 0.1) is 0 Å². The fraction of sp³-hybridized carbons (Fsp3) is 0.833. The van der Waals surface area contributed by atoms with E-state index in [0.717, 1.165) is 21.1 Å². The third-order valence-electron chi connectivity index (χ3n) is 2.61. The lowest BCUT2D eigenvalue weighted by molar-refractivity contribution is 0.240. The van der Waals surface area contributed by atoms with E-state index in [1.54, 1.807) is 0 Å². The van der Waals surface area contributed by atoms with E-state index in [4.69, 9.17) is 0 Å². The molecule has 2 rings (SSSR count). The van der Waals surface area contributed by atoms with Gasteiger partial charge in [0.05, 0.1) is 19.2 Å². The molecule has 2 saturated heterocycles. The van der Waals surface area contributed by atoms with Crippen LogP contribution in [0.4, 0.5) is 4.79 Å². The first-order chi connectivity index (χ1) is 7.60. The number of carbonyl (C=O) groups excluding carboxylic acids is 1. The van der Waals surface area contributed by atoms with Crippen LogP contribution in [-0.4, -0.2) is 63.0 Å². The molecule has 2 heterocycles. The second-order valence-corrected chi connectivity index (χ2v) is 7.82. The highest BCUT2D eigenvalue weighted by molar-refractivity contribution is 7.89. The fourth-order valence-electron chi connectivity index (χ4n) is 1.86. The van der Waals surface area contributed by atoms with Gasteiger partial charge in [-0.3, -0.25) is 0 Å². The van der Waals surface area contributed by atoms with Crippen LogP contribution in [-0.2, 0) is 20.0 Å². The van der Waals surface area contributed by atoms with Gasteiger partial charge in [-0.25, -0.2) is 21.6 Å². The summed E-state index contributed by atoms with van der Waals surface area (Å²) in [5, 5.41) is 4.73. The minimum atomic E-state index is -3.60. The summed E-state index contributed by atoms with van der Waals surface area (Å²) in [5.41, 5.74) is 0. The van der Waals surface area contributed by atoms with E-state index in [1.807, 2.05) is 0 Å². The second-order valence-electron chi connectivity index (χ2n) is 3.95. The van der Waals surface area contributed by atoms with Gasteiger partial charge in [-0.05, 0) is 0 Å². The number of nitrogens with one attached hydrogen (secondary N) is 2.